The van der Waals surface area contributed by atoms with Crippen LogP contribution in [0.1, 0.15) is 38.8 Å². The molecule has 0 spiro atoms. The molecular weight excluding hydrogens is 278 g/mol. The molecule has 1 heterocycles. The third kappa shape index (κ3) is 3.01. The molecule has 1 aromatic rings. The maximum atomic E-state index is 12.9. The molecule has 0 saturated carbocycles. The first-order chi connectivity index (χ1) is 10.3. The molecule has 1 aliphatic heterocycles. The zero-order valence-electron chi connectivity index (χ0n) is 13.8. The molecule has 0 unspecified atom stereocenters. The predicted molar refractivity (Wildman–Crippen MR) is 85.7 cm³/mol. The van der Waals surface area contributed by atoms with Gasteiger partial charge in [-0.15, -0.1) is 0 Å². The van der Waals surface area contributed by atoms with Gasteiger partial charge < -0.3 is 10.0 Å². The van der Waals surface area contributed by atoms with Crippen LogP contribution in [0, 0.1) is 11.8 Å². The number of carboxylic acids is 1. The summed E-state index contributed by atoms with van der Waals surface area (Å²) in [5.41, 5.74) is 1.58. The summed E-state index contributed by atoms with van der Waals surface area (Å²) in [5, 5.41) is 9.22. The second-order valence-corrected chi connectivity index (χ2v) is 6.81. The third-order valence-electron chi connectivity index (χ3n) is 4.84. The predicted octanol–water partition coefficient (Wildman–Crippen LogP) is 2.71. The van der Waals surface area contributed by atoms with Gasteiger partial charge in [0.15, 0.2) is 0 Å². The van der Waals surface area contributed by atoms with Gasteiger partial charge in [-0.25, -0.2) is 0 Å². The monoisotopic (exact) mass is 303 g/mol. The quantitative estimate of drug-likeness (QED) is 0.930. The van der Waals surface area contributed by atoms with E-state index >= 15 is 0 Å². The van der Waals surface area contributed by atoms with E-state index in [1.807, 2.05) is 32.9 Å². The molecule has 1 N–H and O–H groups in total. The van der Waals surface area contributed by atoms with Gasteiger partial charge >= 0.3 is 5.97 Å². The molecule has 0 aromatic heterocycles. The number of amides is 1. The molecule has 22 heavy (non-hydrogen) atoms. The normalized spacial score (nSPS) is 21.9. The number of aryl methyl sites for hydroxylation is 1. The SMILES string of the molecule is CCc1ccc(C(C)(C)C(=O)N2C[C@@H](C)[C@H](C(=O)O)C2)cc1. The van der Waals surface area contributed by atoms with E-state index < -0.39 is 17.3 Å². The van der Waals surface area contributed by atoms with Gasteiger partial charge in [0.1, 0.15) is 0 Å². The number of hydrogen-bond acceptors (Lipinski definition) is 2. The summed E-state index contributed by atoms with van der Waals surface area (Å²) >= 11 is 0. The number of aliphatic carboxylic acids is 1. The average molecular weight is 303 g/mol. The molecule has 0 radical (unpaired) electrons. The second-order valence-electron chi connectivity index (χ2n) is 6.81. The Bertz CT molecular complexity index is 562. The number of nitrogens with zero attached hydrogens (tertiary/aromatic N) is 1. The minimum atomic E-state index is -0.812. The van der Waals surface area contributed by atoms with E-state index in [9.17, 15) is 14.7 Å². The molecule has 2 atom stereocenters. The summed E-state index contributed by atoms with van der Waals surface area (Å²) in [5.74, 6) is -1.26. The van der Waals surface area contributed by atoms with Gasteiger partial charge in [0, 0.05) is 13.1 Å². The molecule has 4 heteroatoms. The van der Waals surface area contributed by atoms with Gasteiger partial charge in [0.2, 0.25) is 5.91 Å². The molecule has 4 nitrogen and oxygen atoms in total. The minimum Gasteiger partial charge on any atom is -0.481 e. The van der Waals surface area contributed by atoms with Crippen LogP contribution in [0.3, 0.4) is 0 Å². The molecule has 1 amide bonds. The summed E-state index contributed by atoms with van der Waals surface area (Å²) < 4.78 is 0. The fourth-order valence-corrected chi connectivity index (χ4v) is 3.13. The molecule has 120 valence electrons. The number of carbonyl (C=O) groups excluding carboxylic acids is 1. The van der Waals surface area contributed by atoms with Gasteiger partial charge in [-0.05, 0) is 37.3 Å². The topological polar surface area (TPSA) is 57.6 Å². The van der Waals surface area contributed by atoms with E-state index in [0.717, 1.165) is 12.0 Å². The van der Waals surface area contributed by atoms with Crippen LogP contribution >= 0.6 is 0 Å². The Labute approximate surface area is 132 Å². The molecule has 1 fully saturated rings. The Balaban J connectivity index is 2.18. The van der Waals surface area contributed by atoms with E-state index in [1.165, 1.54) is 5.56 Å². The van der Waals surface area contributed by atoms with Crippen molar-refractivity contribution in [1.82, 2.24) is 4.90 Å². The average Bonchev–Trinajstić information content (AvgIpc) is 2.88. The highest BCUT2D eigenvalue weighted by atomic mass is 16.4. The molecule has 1 aromatic carbocycles. The lowest BCUT2D eigenvalue weighted by Crippen LogP contribution is -2.42. The molecular formula is C18H25NO3. The van der Waals surface area contributed by atoms with Crippen molar-refractivity contribution in [3.63, 3.8) is 0 Å². The minimum absolute atomic E-state index is 0.000262. The maximum absolute atomic E-state index is 12.9. The van der Waals surface area contributed by atoms with Crippen LogP contribution in [0.4, 0.5) is 0 Å². The van der Waals surface area contributed by atoms with E-state index in [-0.39, 0.29) is 11.8 Å². The lowest BCUT2D eigenvalue weighted by molar-refractivity contribution is -0.142. The van der Waals surface area contributed by atoms with Crippen molar-refractivity contribution < 1.29 is 14.7 Å². The van der Waals surface area contributed by atoms with Gasteiger partial charge in [-0.3, -0.25) is 9.59 Å². The molecule has 0 aliphatic carbocycles. The summed E-state index contributed by atoms with van der Waals surface area (Å²) in [6, 6.07) is 8.11. The third-order valence-corrected chi connectivity index (χ3v) is 4.84. The smallest absolute Gasteiger partial charge is 0.308 e. The van der Waals surface area contributed by atoms with Crippen LogP contribution in [0.15, 0.2) is 24.3 Å². The highest BCUT2D eigenvalue weighted by Gasteiger charge is 2.42. The number of carbonyl (C=O) groups is 2. The number of carboxylic acid groups (broad SMARTS) is 1. The maximum Gasteiger partial charge on any atom is 0.308 e. The van der Waals surface area contributed by atoms with E-state index in [0.29, 0.717) is 13.1 Å². The van der Waals surface area contributed by atoms with Crippen molar-refractivity contribution in [2.75, 3.05) is 13.1 Å². The standard InChI is InChI=1S/C18H25NO3/c1-5-13-6-8-14(9-7-13)18(3,4)17(22)19-10-12(2)15(11-19)16(20)21/h6-9,12,15H,5,10-11H2,1-4H3,(H,20,21)/t12-,15-/m1/s1. The Kier molecular flexibility index (Phi) is 4.59. The fraction of sp³-hybridized carbons (Fsp3) is 0.556. The van der Waals surface area contributed by atoms with E-state index in [4.69, 9.17) is 0 Å². The summed E-state index contributed by atoms with van der Waals surface area (Å²) in [6.45, 7) is 8.65. The number of benzene rings is 1. The highest BCUT2D eigenvalue weighted by molar-refractivity contribution is 5.88. The lowest BCUT2D eigenvalue weighted by atomic mass is 9.82. The molecule has 2 rings (SSSR count). The lowest BCUT2D eigenvalue weighted by Gasteiger charge is -2.30. The van der Waals surface area contributed by atoms with E-state index in [1.54, 1.807) is 4.90 Å². The second kappa shape index (κ2) is 6.11. The zero-order chi connectivity index (χ0) is 16.5. The summed E-state index contributed by atoms with van der Waals surface area (Å²) in [4.78, 5) is 25.8. The van der Waals surface area contributed by atoms with Crippen LogP contribution in [0.5, 0.6) is 0 Å². The Morgan fingerprint density at radius 1 is 1.23 bits per heavy atom. The van der Waals surface area contributed by atoms with Crippen molar-refractivity contribution in [3.8, 4) is 0 Å². The first-order valence-electron chi connectivity index (χ1n) is 7.89. The van der Waals surface area contributed by atoms with Crippen molar-refractivity contribution in [2.24, 2.45) is 11.8 Å². The van der Waals surface area contributed by atoms with Crippen molar-refractivity contribution >= 4 is 11.9 Å². The van der Waals surface area contributed by atoms with Crippen molar-refractivity contribution in [3.05, 3.63) is 35.4 Å². The van der Waals surface area contributed by atoms with Crippen LogP contribution in [0.25, 0.3) is 0 Å². The highest BCUT2D eigenvalue weighted by Crippen LogP contribution is 2.31. The molecule has 1 saturated heterocycles. The number of rotatable bonds is 4. The zero-order valence-corrected chi connectivity index (χ0v) is 13.8. The van der Waals surface area contributed by atoms with Crippen LogP contribution < -0.4 is 0 Å². The summed E-state index contributed by atoms with van der Waals surface area (Å²) in [7, 11) is 0. The van der Waals surface area contributed by atoms with Crippen LogP contribution in [-0.4, -0.2) is 35.0 Å². The van der Waals surface area contributed by atoms with Gasteiger partial charge in [0.25, 0.3) is 0 Å². The van der Waals surface area contributed by atoms with Crippen LogP contribution in [-0.2, 0) is 21.4 Å². The largest absolute Gasteiger partial charge is 0.481 e. The Morgan fingerprint density at radius 2 is 1.82 bits per heavy atom. The van der Waals surface area contributed by atoms with Gasteiger partial charge in [-0.1, -0.05) is 38.1 Å². The molecule has 1 aliphatic rings. The summed E-state index contributed by atoms with van der Waals surface area (Å²) in [6.07, 6.45) is 0.971. The van der Waals surface area contributed by atoms with Gasteiger partial charge in [-0.2, -0.15) is 0 Å². The number of hydrogen-bond donors (Lipinski definition) is 1. The Hall–Kier alpha value is -1.84. The van der Waals surface area contributed by atoms with E-state index in [2.05, 4.69) is 19.1 Å². The van der Waals surface area contributed by atoms with Crippen LogP contribution in [0.2, 0.25) is 0 Å². The Morgan fingerprint density at radius 3 is 2.27 bits per heavy atom. The first-order valence-corrected chi connectivity index (χ1v) is 7.89. The van der Waals surface area contributed by atoms with Crippen molar-refractivity contribution in [1.29, 1.82) is 0 Å². The fourth-order valence-electron chi connectivity index (χ4n) is 3.13. The number of likely N-dealkylation sites (tertiary alicyclic amines) is 1. The first kappa shape index (κ1) is 16.5. The molecule has 0 bridgehead atoms. The van der Waals surface area contributed by atoms with Gasteiger partial charge in [0.05, 0.1) is 11.3 Å². The van der Waals surface area contributed by atoms with Crippen molar-refractivity contribution in [2.45, 2.75) is 39.5 Å².